The Labute approximate surface area is 145 Å². The third-order valence-corrected chi connectivity index (χ3v) is 4.20. The molecule has 0 N–H and O–H groups in total. The number of hydrogen-bond donors (Lipinski definition) is 0. The van der Waals surface area contributed by atoms with Gasteiger partial charge in [-0.1, -0.05) is 23.9 Å². The van der Waals surface area contributed by atoms with E-state index in [1.54, 1.807) is 18.9 Å². The SMILES string of the molecule is COc1ccc(-n2c(COc3cccc(C)c3)nnc2SC)cc1. The molecule has 0 saturated carbocycles. The van der Waals surface area contributed by atoms with Crippen molar-refractivity contribution >= 4 is 11.8 Å². The average molecular weight is 341 g/mol. The molecule has 0 fully saturated rings. The van der Waals surface area contributed by atoms with Crippen LogP contribution >= 0.6 is 11.8 Å². The molecule has 1 aromatic heterocycles. The number of methoxy groups -OCH3 is 1. The van der Waals surface area contributed by atoms with Gasteiger partial charge < -0.3 is 9.47 Å². The predicted octanol–water partition coefficient (Wildman–Crippen LogP) is 3.89. The molecule has 0 spiro atoms. The molecule has 5 nitrogen and oxygen atoms in total. The lowest BCUT2D eigenvalue weighted by Gasteiger charge is -2.11. The van der Waals surface area contributed by atoms with Gasteiger partial charge in [-0.25, -0.2) is 0 Å². The van der Waals surface area contributed by atoms with Crippen molar-refractivity contribution in [2.45, 2.75) is 18.7 Å². The number of aromatic nitrogens is 3. The van der Waals surface area contributed by atoms with Gasteiger partial charge in [0.05, 0.1) is 7.11 Å². The number of rotatable bonds is 6. The molecule has 24 heavy (non-hydrogen) atoms. The van der Waals surface area contributed by atoms with Crippen molar-refractivity contribution < 1.29 is 9.47 Å². The van der Waals surface area contributed by atoms with Crippen LogP contribution in [0.3, 0.4) is 0 Å². The maximum Gasteiger partial charge on any atom is 0.195 e. The number of thioether (sulfide) groups is 1. The molecule has 3 aromatic rings. The molecule has 0 atom stereocenters. The fourth-order valence-corrected chi connectivity index (χ4v) is 2.89. The smallest absolute Gasteiger partial charge is 0.195 e. The number of hydrogen-bond acceptors (Lipinski definition) is 5. The van der Waals surface area contributed by atoms with Gasteiger partial charge in [-0.3, -0.25) is 4.57 Å². The Bertz CT molecular complexity index is 815. The first-order valence-corrected chi connectivity index (χ1v) is 8.76. The highest BCUT2D eigenvalue weighted by Crippen LogP contribution is 2.23. The van der Waals surface area contributed by atoms with Gasteiger partial charge in [-0.15, -0.1) is 10.2 Å². The van der Waals surface area contributed by atoms with E-state index in [0.717, 1.165) is 33.7 Å². The fraction of sp³-hybridized carbons (Fsp3) is 0.222. The number of nitrogens with zero attached hydrogens (tertiary/aromatic N) is 3. The van der Waals surface area contributed by atoms with Crippen molar-refractivity contribution in [2.75, 3.05) is 13.4 Å². The molecule has 2 aromatic carbocycles. The van der Waals surface area contributed by atoms with Gasteiger partial charge in [0.15, 0.2) is 11.0 Å². The zero-order valence-corrected chi connectivity index (χ0v) is 14.7. The minimum absolute atomic E-state index is 0.350. The molecule has 3 rings (SSSR count). The summed E-state index contributed by atoms with van der Waals surface area (Å²) in [6, 6.07) is 15.8. The molecule has 0 radical (unpaired) electrons. The second-order valence-corrected chi connectivity index (χ2v) is 6.01. The van der Waals surface area contributed by atoms with Crippen molar-refractivity contribution in [1.82, 2.24) is 14.8 Å². The van der Waals surface area contributed by atoms with Gasteiger partial charge in [0.25, 0.3) is 0 Å². The summed E-state index contributed by atoms with van der Waals surface area (Å²) >= 11 is 1.55. The Morgan fingerprint density at radius 3 is 2.50 bits per heavy atom. The normalized spacial score (nSPS) is 10.6. The zero-order valence-electron chi connectivity index (χ0n) is 13.9. The Morgan fingerprint density at radius 1 is 1.04 bits per heavy atom. The van der Waals surface area contributed by atoms with Crippen LogP contribution in [0.5, 0.6) is 11.5 Å². The number of benzene rings is 2. The van der Waals surface area contributed by atoms with Crippen LogP contribution in [0.25, 0.3) is 5.69 Å². The lowest BCUT2D eigenvalue weighted by molar-refractivity contribution is 0.292. The molecule has 0 aliphatic rings. The topological polar surface area (TPSA) is 49.2 Å². The van der Waals surface area contributed by atoms with Gasteiger partial charge >= 0.3 is 0 Å². The number of aryl methyl sites for hydroxylation is 1. The van der Waals surface area contributed by atoms with Crippen LogP contribution < -0.4 is 9.47 Å². The summed E-state index contributed by atoms with van der Waals surface area (Å²) in [5.41, 5.74) is 2.14. The Morgan fingerprint density at radius 2 is 1.83 bits per heavy atom. The second kappa shape index (κ2) is 7.40. The quantitative estimate of drug-likeness (QED) is 0.637. The summed E-state index contributed by atoms with van der Waals surface area (Å²) in [6.07, 6.45) is 1.98. The maximum absolute atomic E-state index is 5.88. The second-order valence-electron chi connectivity index (χ2n) is 5.24. The molecule has 1 heterocycles. The maximum atomic E-state index is 5.88. The highest BCUT2D eigenvalue weighted by molar-refractivity contribution is 7.98. The first-order valence-electron chi connectivity index (χ1n) is 7.53. The van der Waals surface area contributed by atoms with Crippen molar-refractivity contribution in [3.63, 3.8) is 0 Å². The monoisotopic (exact) mass is 341 g/mol. The summed E-state index contributed by atoms with van der Waals surface area (Å²) in [4.78, 5) is 0. The highest BCUT2D eigenvalue weighted by atomic mass is 32.2. The Kier molecular flexibility index (Phi) is 5.05. The zero-order chi connectivity index (χ0) is 16.9. The van der Waals surface area contributed by atoms with Gasteiger partial charge in [-0.05, 0) is 55.1 Å². The molecule has 0 aliphatic heterocycles. The van der Waals surface area contributed by atoms with Gasteiger partial charge in [0.2, 0.25) is 0 Å². The van der Waals surface area contributed by atoms with E-state index < -0.39 is 0 Å². The van der Waals surface area contributed by atoms with E-state index in [2.05, 4.69) is 10.2 Å². The Balaban J connectivity index is 1.87. The van der Waals surface area contributed by atoms with Gasteiger partial charge in [-0.2, -0.15) is 0 Å². The molecule has 0 unspecified atom stereocenters. The van der Waals surface area contributed by atoms with Crippen molar-refractivity contribution in [2.24, 2.45) is 0 Å². The Hall–Kier alpha value is -2.47. The van der Waals surface area contributed by atoms with Crippen LogP contribution in [0, 0.1) is 6.92 Å². The largest absolute Gasteiger partial charge is 0.497 e. The van der Waals surface area contributed by atoms with Gasteiger partial charge in [0.1, 0.15) is 18.1 Å². The first kappa shape index (κ1) is 16.4. The van der Waals surface area contributed by atoms with Crippen LogP contribution in [-0.4, -0.2) is 28.1 Å². The summed E-state index contributed by atoms with van der Waals surface area (Å²) in [7, 11) is 1.65. The van der Waals surface area contributed by atoms with E-state index in [0.29, 0.717) is 6.61 Å². The first-order chi connectivity index (χ1) is 11.7. The summed E-state index contributed by atoms with van der Waals surface area (Å²) in [5.74, 6) is 2.39. The van der Waals surface area contributed by atoms with Crippen LogP contribution in [0.15, 0.2) is 53.7 Å². The minimum atomic E-state index is 0.350. The average Bonchev–Trinajstić information content (AvgIpc) is 3.03. The summed E-state index contributed by atoms with van der Waals surface area (Å²) in [5, 5.41) is 9.35. The highest BCUT2D eigenvalue weighted by Gasteiger charge is 2.14. The molecule has 6 heteroatoms. The van der Waals surface area contributed by atoms with Crippen molar-refractivity contribution in [3.8, 4) is 17.2 Å². The molecule has 124 valence electrons. The van der Waals surface area contributed by atoms with Crippen LogP contribution in [0.2, 0.25) is 0 Å². The van der Waals surface area contributed by atoms with E-state index in [1.807, 2.05) is 66.3 Å². The molecular weight excluding hydrogens is 322 g/mol. The van der Waals surface area contributed by atoms with E-state index in [4.69, 9.17) is 9.47 Å². The van der Waals surface area contributed by atoms with E-state index in [1.165, 1.54) is 0 Å². The van der Waals surface area contributed by atoms with E-state index in [9.17, 15) is 0 Å². The van der Waals surface area contributed by atoms with Crippen LogP contribution in [0.4, 0.5) is 0 Å². The van der Waals surface area contributed by atoms with Gasteiger partial charge in [0, 0.05) is 5.69 Å². The standard InChI is InChI=1S/C18H19N3O2S/c1-13-5-4-6-16(11-13)23-12-17-19-20-18(24-3)21(17)14-7-9-15(22-2)10-8-14/h4-11H,12H2,1-3H3. The predicted molar refractivity (Wildman–Crippen MR) is 95.2 cm³/mol. The molecule has 0 amide bonds. The van der Waals surface area contributed by atoms with E-state index in [-0.39, 0.29) is 0 Å². The van der Waals surface area contributed by atoms with E-state index >= 15 is 0 Å². The molecule has 0 bridgehead atoms. The third kappa shape index (κ3) is 3.54. The molecular formula is C18H19N3O2S. The summed E-state index contributed by atoms with van der Waals surface area (Å²) < 4.78 is 13.1. The van der Waals surface area contributed by atoms with Crippen LogP contribution in [-0.2, 0) is 6.61 Å². The molecule has 0 aliphatic carbocycles. The third-order valence-electron chi connectivity index (χ3n) is 3.57. The lowest BCUT2D eigenvalue weighted by atomic mass is 10.2. The van der Waals surface area contributed by atoms with Crippen molar-refractivity contribution in [3.05, 3.63) is 59.9 Å². The summed E-state index contributed by atoms with van der Waals surface area (Å²) in [6.45, 7) is 2.39. The molecule has 0 saturated heterocycles. The minimum Gasteiger partial charge on any atom is -0.497 e. The number of ether oxygens (including phenoxy) is 2. The fourth-order valence-electron chi connectivity index (χ4n) is 2.37. The lowest BCUT2D eigenvalue weighted by Crippen LogP contribution is -2.06. The van der Waals surface area contributed by atoms with Crippen LogP contribution in [0.1, 0.15) is 11.4 Å². The van der Waals surface area contributed by atoms with Crippen molar-refractivity contribution in [1.29, 1.82) is 0 Å².